The molecule has 0 radical (unpaired) electrons. The van der Waals surface area contributed by atoms with Gasteiger partial charge in [0.15, 0.2) is 11.5 Å². The highest BCUT2D eigenvalue weighted by Crippen LogP contribution is 2.21. The molecule has 0 aliphatic carbocycles. The first-order chi connectivity index (χ1) is 15.3. The van der Waals surface area contributed by atoms with Crippen LogP contribution in [0.2, 0.25) is 5.02 Å². The van der Waals surface area contributed by atoms with Gasteiger partial charge in [0.05, 0.1) is 41.5 Å². The molecule has 0 saturated heterocycles. The molecule has 0 fully saturated rings. The van der Waals surface area contributed by atoms with Gasteiger partial charge in [0.2, 0.25) is 0 Å². The maximum absolute atomic E-state index is 12.7. The van der Waals surface area contributed by atoms with Crippen LogP contribution in [0.1, 0.15) is 44.0 Å². The number of hydrogen-bond acceptors (Lipinski definition) is 6. The summed E-state index contributed by atoms with van der Waals surface area (Å²) in [6, 6.07) is 6.73. The third-order valence-electron chi connectivity index (χ3n) is 4.78. The van der Waals surface area contributed by atoms with Crippen molar-refractivity contribution in [3.63, 3.8) is 0 Å². The van der Waals surface area contributed by atoms with Gasteiger partial charge < -0.3 is 19.5 Å². The number of anilines is 1. The van der Waals surface area contributed by atoms with Crippen LogP contribution in [0, 0.1) is 13.8 Å². The lowest BCUT2D eigenvalue weighted by atomic mass is 10.3. The van der Waals surface area contributed by atoms with E-state index in [2.05, 4.69) is 20.8 Å². The molecule has 0 spiro atoms. The molecule has 166 valence electrons. The third kappa shape index (κ3) is 4.45. The molecule has 11 heteroatoms. The summed E-state index contributed by atoms with van der Waals surface area (Å²) in [6.45, 7) is 4.22. The van der Waals surface area contributed by atoms with Crippen LogP contribution in [0.25, 0.3) is 0 Å². The Balaban J connectivity index is 1.44. The summed E-state index contributed by atoms with van der Waals surface area (Å²) in [4.78, 5) is 25.2. The van der Waals surface area contributed by atoms with Crippen LogP contribution >= 0.6 is 11.6 Å². The van der Waals surface area contributed by atoms with Crippen molar-refractivity contribution in [3.8, 4) is 0 Å². The molecule has 4 aromatic heterocycles. The van der Waals surface area contributed by atoms with E-state index in [-0.39, 0.29) is 23.7 Å². The Labute approximate surface area is 188 Å². The number of nitrogens with zero attached hydrogens (tertiary/aromatic N) is 4. The normalized spacial score (nSPS) is 11.0. The van der Waals surface area contributed by atoms with Crippen LogP contribution < -0.4 is 10.6 Å². The Morgan fingerprint density at radius 3 is 2.62 bits per heavy atom. The minimum atomic E-state index is -0.504. The third-order valence-corrected chi connectivity index (χ3v) is 5.33. The molecule has 0 unspecified atom stereocenters. The number of carbonyl (C=O) groups is 2. The van der Waals surface area contributed by atoms with Crippen molar-refractivity contribution in [1.82, 2.24) is 24.9 Å². The predicted octanol–water partition coefficient (Wildman–Crippen LogP) is 3.30. The topological polar surface area (TPSA) is 120 Å². The number of amides is 2. The van der Waals surface area contributed by atoms with Gasteiger partial charge >= 0.3 is 0 Å². The maximum Gasteiger partial charge on any atom is 0.291 e. The smallest absolute Gasteiger partial charge is 0.291 e. The first kappa shape index (κ1) is 21.4. The number of furan rings is 2. The zero-order valence-corrected chi connectivity index (χ0v) is 18.4. The summed E-state index contributed by atoms with van der Waals surface area (Å²) in [5.74, 6) is 0.292. The number of rotatable bonds is 7. The molecule has 0 saturated carbocycles. The predicted molar refractivity (Wildman–Crippen MR) is 116 cm³/mol. The van der Waals surface area contributed by atoms with Gasteiger partial charge in [-0.15, -0.1) is 0 Å². The molecule has 4 aromatic rings. The summed E-state index contributed by atoms with van der Waals surface area (Å²) in [5.41, 5.74) is 1.88. The summed E-state index contributed by atoms with van der Waals surface area (Å²) in [7, 11) is 1.66. The lowest BCUT2D eigenvalue weighted by Crippen LogP contribution is -2.25. The Hall–Kier alpha value is -3.79. The largest absolute Gasteiger partial charge is 0.467 e. The first-order valence-corrected chi connectivity index (χ1v) is 10.1. The molecule has 0 atom stereocenters. The number of aromatic nitrogens is 4. The zero-order chi connectivity index (χ0) is 22.8. The molecule has 0 aromatic carbocycles. The minimum Gasteiger partial charge on any atom is -0.467 e. The Bertz CT molecular complexity index is 1270. The quantitative estimate of drug-likeness (QED) is 0.440. The number of hydrogen-bond donors (Lipinski definition) is 2. The summed E-state index contributed by atoms with van der Waals surface area (Å²) < 4.78 is 14.0. The number of halogens is 1. The van der Waals surface area contributed by atoms with Crippen LogP contribution in [-0.4, -0.2) is 31.4 Å². The van der Waals surface area contributed by atoms with E-state index in [1.54, 1.807) is 42.2 Å². The SMILES string of the molecule is Cc1nn(Cc2ccc(C(=O)Nc3cn(C)nc3C(=O)NCc3ccco3)o2)c(C)c1Cl. The standard InChI is InChI=1S/C21H21ClN6O4/c1-12-18(22)13(2)28(25-12)10-15-6-7-17(32-15)20(29)24-16-11-27(3)26-19(16)21(30)23-9-14-5-4-8-31-14/h4-8,11H,9-10H2,1-3H3,(H,23,30)(H,24,29). The van der Waals surface area contributed by atoms with Gasteiger partial charge in [-0.1, -0.05) is 11.6 Å². The molecular weight excluding hydrogens is 436 g/mol. The van der Waals surface area contributed by atoms with Crippen molar-refractivity contribution in [3.05, 3.63) is 76.1 Å². The molecule has 0 aliphatic heterocycles. The molecule has 4 rings (SSSR count). The van der Waals surface area contributed by atoms with Crippen molar-refractivity contribution >= 4 is 29.1 Å². The fourth-order valence-electron chi connectivity index (χ4n) is 3.16. The lowest BCUT2D eigenvalue weighted by Gasteiger charge is -2.05. The van der Waals surface area contributed by atoms with E-state index in [0.717, 1.165) is 11.4 Å². The van der Waals surface area contributed by atoms with Gasteiger partial charge in [0, 0.05) is 13.2 Å². The monoisotopic (exact) mass is 456 g/mol. The van der Waals surface area contributed by atoms with Crippen LogP contribution in [0.4, 0.5) is 5.69 Å². The van der Waals surface area contributed by atoms with Crippen molar-refractivity contribution < 1.29 is 18.4 Å². The van der Waals surface area contributed by atoms with Gasteiger partial charge in [0.25, 0.3) is 11.8 Å². The van der Waals surface area contributed by atoms with Crippen LogP contribution in [-0.2, 0) is 20.1 Å². The van der Waals surface area contributed by atoms with Crippen molar-refractivity contribution in [2.75, 3.05) is 5.32 Å². The van der Waals surface area contributed by atoms with Crippen molar-refractivity contribution in [1.29, 1.82) is 0 Å². The van der Waals surface area contributed by atoms with E-state index in [1.165, 1.54) is 10.9 Å². The molecule has 32 heavy (non-hydrogen) atoms. The Morgan fingerprint density at radius 1 is 1.12 bits per heavy atom. The zero-order valence-electron chi connectivity index (χ0n) is 17.7. The molecule has 0 bridgehead atoms. The summed E-state index contributed by atoms with van der Waals surface area (Å²) in [5, 5.41) is 14.5. The maximum atomic E-state index is 12.7. The molecule has 10 nitrogen and oxygen atoms in total. The highest BCUT2D eigenvalue weighted by molar-refractivity contribution is 6.31. The molecular formula is C21H21ClN6O4. The van der Waals surface area contributed by atoms with E-state index >= 15 is 0 Å². The highest BCUT2D eigenvalue weighted by atomic mass is 35.5. The van der Waals surface area contributed by atoms with E-state index in [0.29, 0.717) is 23.1 Å². The van der Waals surface area contributed by atoms with Crippen LogP contribution in [0.15, 0.2) is 45.6 Å². The van der Waals surface area contributed by atoms with E-state index in [1.807, 2.05) is 13.8 Å². The van der Waals surface area contributed by atoms with Gasteiger partial charge in [-0.3, -0.25) is 19.0 Å². The van der Waals surface area contributed by atoms with Crippen molar-refractivity contribution in [2.24, 2.45) is 7.05 Å². The van der Waals surface area contributed by atoms with Gasteiger partial charge in [-0.25, -0.2) is 0 Å². The van der Waals surface area contributed by atoms with Crippen LogP contribution in [0.3, 0.4) is 0 Å². The van der Waals surface area contributed by atoms with Crippen LogP contribution in [0.5, 0.6) is 0 Å². The average Bonchev–Trinajstić information content (AvgIpc) is 3.54. The second kappa shape index (κ2) is 8.75. The van der Waals surface area contributed by atoms with Gasteiger partial charge in [-0.2, -0.15) is 10.2 Å². The first-order valence-electron chi connectivity index (χ1n) is 9.75. The highest BCUT2D eigenvalue weighted by Gasteiger charge is 2.21. The minimum absolute atomic E-state index is 0.0801. The van der Waals surface area contributed by atoms with Gasteiger partial charge in [0.1, 0.15) is 11.5 Å². The summed E-state index contributed by atoms with van der Waals surface area (Å²) >= 11 is 6.18. The summed E-state index contributed by atoms with van der Waals surface area (Å²) in [6.07, 6.45) is 3.07. The second-order valence-electron chi connectivity index (χ2n) is 7.19. The molecule has 2 amide bonds. The number of aryl methyl sites for hydroxylation is 2. The lowest BCUT2D eigenvalue weighted by molar-refractivity contribution is 0.0943. The Morgan fingerprint density at radius 2 is 1.94 bits per heavy atom. The molecule has 2 N–H and O–H groups in total. The Kier molecular flexibility index (Phi) is 5.87. The van der Waals surface area contributed by atoms with Gasteiger partial charge in [-0.05, 0) is 38.1 Å². The van der Waals surface area contributed by atoms with E-state index in [9.17, 15) is 9.59 Å². The van der Waals surface area contributed by atoms with E-state index < -0.39 is 11.8 Å². The molecule has 4 heterocycles. The number of carbonyl (C=O) groups excluding carboxylic acids is 2. The molecule has 0 aliphatic rings. The second-order valence-corrected chi connectivity index (χ2v) is 7.57. The van der Waals surface area contributed by atoms with E-state index in [4.69, 9.17) is 20.4 Å². The van der Waals surface area contributed by atoms with Crippen molar-refractivity contribution in [2.45, 2.75) is 26.9 Å². The number of nitrogens with one attached hydrogen (secondary N) is 2. The fraction of sp³-hybridized carbons (Fsp3) is 0.238. The fourth-order valence-corrected chi connectivity index (χ4v) is 3.29. The average molecular weight is 457 g/mol.